The average Bonchev–Trinajstić information content (AvgIpc) is 3.15. The Balaban J connectivity index is 1.71. The van der Waals surface area contributed by atoms with Crippen molar-refractivity contribution >= 4 is 17.7 Å². The number of carbonyl (C=O) groups excluding carboxylic acids is 1. The highest BCUT2D eigenvalue weighted by Crippen LogP contribution is 2.19. The predicted molar refractivity (Wildman–Crippen MR) is 89.8 cm³/mol. The summed E-state index contributed by atoms with van der Waals surface area (Å²) in [6.07, 6.45) is 4.66. The minimum Gasteiger partial charge on any atom is -0.496 e. The number of hydrogen-bond donors (Lipinski definition) is 1. The first kappa shape index (κ1) is 15.4. The summed E-state index contributed by atoms with van der Waals surface area (Å²) in [5, 5.41) is 13.8. The molecule has 0 unspecified atom stereocenters. The van der Waals surface area contributed by atoms with E-state index < -0.39 is 0 Å². The Morgan fingerprint density at radius 3 is 2.88 bits per heavy atom. The van der Waals surface area contributed by atoms with Gasteiger partial charge in [-0.2, -0.15) is 0 Å². The van der Waals surface area contributed by atoms with Gasteiger partial charge in [-0.05, 0) is 40.8 Å². The molecule has 0 spiro atoms. The maximum atomic E-state index is 12.1. The Hall–Kier alpha value is -3.48. The summed E-state index contributed by atoms with van der Waals surface area (Å²) >= 11 is 0. The fourth-order valence-electron chi connectivity index (χ4n) is 2.16. The van der Waals surface area contributed by atoms with Crippen molar-refractivity contribution in [1.29, 1.82) is 0 Å². The summed E-state index contributed by atoms with van der Waals surface area (Å²) in [4.78, 5) is 12.1. The molecule has 0 bridgehead atoms. The van der Waals surface area contributed by atoms with Gasteiger partial charge in [0.25, 0.3) is 0 Å². The molecule has 0 aliphatic heterocycles. The summed E-state index contributed by atoms with van der Waals surface area (Å²) < 4.78 is 6.76. The van der Waals surface area contributed by atoms with E-state index in [2.05, 4.69) is 20.8 Å². The predicted octanol–water partition coefficient (Wildman–Crippen LogP) is 2.32. The molecule has 120 valence electrons. The molecule has 3 rings (SSSR count). The molecule has 1 heterocycles. The van der Waals surface area contributed by atoms with E-state index >= 15 is 0 Å². The number of benzene rings is 2. The number of tetrazole rings is 1. The fraction of sp³-hybridized carbons (Fsp3) is 0.0588. The lowest BCUT2D eigenvalue weighted by atomic mass is 10.2. The molecule has 1 amide bonds. The highest BCUT2D eigenvalue weighted by Gasteiger charge is 2.03. The van der Waals surface area contributed by atoms with Crippen molar-refractivity contribution in [3.8, 4) is 11.4 Å². The highest BCUT2D eigenvalue weighted by molar-refractivity contribution is 6.02. The number of methoxy groups -OCH3 is 1. The summed E-state index contributed by atoms with van der Waals surface area (Å²) in [5.74, 6) is 0.469. The molecule has 0 aliphatic rings. The molecule has 0 saturated carbocycles. The Morgan fingerprint density at radius 2 is 2.08 bits per heavy atom. The zero-order valence-corrected chi connectivity index (χ0v) is 13.0. The minimum atomic E-state index is -0.241. The van der Waals surface area contributed by atoms with Gasteiger partial charge in [0, 0.05) is 17.3 Å². The van der Waals surface area contributed by atoms with E-state index in [0.29, 0.717) is 11.4 Å². The van der Waals surface area contributed by atoms with E-state index in [9.17, 15) is 4.79 Å². The molecule has 2 aromatic carbocycles. The summed E-state index contributed by atoms with van der Waals surface area (Å²) in [6, 6.07) is 14.7. The number of carbonyl (C=O) groups is 1. The lowest BCUT2D eigenvalue weighted by molar-refractivity contribution is -0.111. The molecule has 7 heteroatoms. The molecule has 1 aromatic heterocycles. The SMILES string of the molecule is COc1ccccc1C=CC(=O)Nc1cccc(-n2cnnn2)c1. The number of hydrogen-bond acceptors (Lipinski definition) is 5. The van der Waals surface area contributed by atoms with Crippen LogP contribution in [-0.2, 0) is 4.79 Å². The standard InChI is InChI=1S/C17H15N5O2/c1-24-16-8-3-2-5-13(16)9-10-17(23)19-14-6-4-7-15(11-14)22-12-18-20-21-22/h2-12H,1H3,(H,19,23). The van der Waals surface area contributed by atoms with Crippen LogP contribution in [0.5, 0.6) is 5.75 Å². The lowest BCUT2D eigenvalue weighted by Gasteiger charge is -2.05. The van der Waals surface area contributed by atoms with Crippen LogP contribution < -0.4 is 10.1 Å². The molecular weight excluding hydrogens is 306 g/mol. The maximum Gasteiger partial charge on any atom is 0.248 e. The van der Waals surface area contributed by atoms with Gasteiger partial charge in [0.2, 0.25) is 5.91 Å². The Kier molecular flexibility index (Phi) is 4.62. The van der Waals surface area contributed by atoms with Crippen molar-refractivity contribution in [1.82, 2.24) is 20.2 Å². The molecule has 0 aliphatic carbocycles. The molecule has 0 radical (unpaired) electrons. The number of nitrogens with zero attached hydrogens (tertiary/aromatic N) is 4. The Bertz CT molecular complexity index is 859. The van der Waals surface area contributed by atoms with Crippen LogP contribution in [0.2, 0.25) is 0 Å². The van der Waals surface area contributed by atoms with Crippen LogP contribution in [0, 0.1) is 0 Å². The number of ether oxygens (including phenoxy) is 1. The van der Waals surface area contributed by atoms with Gasteiger partial charge >= 0.3 is 0 Å². The quantitative estimate of drug-likeness (QED) is 0.729. The molecule has 0 atom stereocenters. The van der Waals surface area contributed by atoms with Crippen LogP contribution in [0.25, 0.3) is 11.8 Å². The second kappa shape index (κ2) is 7.19. The van der Waals surface area contributed by atoms with Gasteiger partial charge in [-0.15, -0.1) is 5.10 Å². The normalized spacial score (nSPS) is 10.7. The third kappa shape index (κ3) is 3.64. The van der Waals surface area contributed by atoms with E-state index in [1.165, 1.54) is 17.1 Å². The number of nitrogens with one attached hydrogen (secondary N) is 1. The van der Waals surface area contributed by atoms with Gasteiger partial charge in [-0.25, -0.2) is 4.68 Å². The van der Waals surface area contributed by atoms with Gasteiger partial charge < -0.3 is 10.1 Å². The number of amides is 1. The largest absolute Gasteiger partial charge is 0.496 e. The van der Waals surface area contributed by atoms with E-state index in [-0.39, 0.29) is 5.91 Å². The second-order valence-electron chi connectivity index (χ2n) is 4.87. The molecule has 0 fully saturated rings. The first-order valence-corrected chi connectivity index (χ1v) is 7.22. The maximum absolute atomic E-state index is 12.1. The first-order chi connectivity index (χ1) is 11.8. The van der Waals surface area contributed by atoms with Crippen molar-refractivity contribution in [2.45, 2.75) is 0 Å². The topological polar surface area (TPSA) is 81.9 Å². The van der Waals surface area contributed by atoms with Crippen molar-refractivity contribution in [2.24, 2.45) is 0 Å². The Labute approximate surface area is 138 Å². The fourth-order valence-corrected chi connectivity index (χ4v) is 2.16. The van der Waals surface area contributed by atoms with Crippen molar-refractivity contribution in [2.75, 3.05) is 12.4 Å². The summed E-state index contributed by atoms with van der Waals surface area (Å²) in [5.41, 5.74) is 2.24. The molecule has 1 N–H and O–H groups in total. The van der Waals surface area contributed by atoms with E-state index in [4.69, 9.17) is 4.74 Å². The van der Waals surface area contributed by atoms with Gasteiger partial charge in [0.1, 0.15) is 12.1 Å². The van der Waals surface area contributed by atoms with Crippen LogP contribution in [0.4, 0.5) is 5.69 Å². The number of aromatic nitrogens is 4. The third-order valence-electron chi connectivity index (χ3n) is 3.28. The lowest BCUT2D eigenvalue weighted by Crippen LogP contribution is -2.08. The molecule has 7 nitrogen and oxygen atoms in total. The zero-order valence-electron chi connectivity index (χ0n) is 13.0. The van der Waals surface area contributed by atoms with Gasteiger partial charge in [-0.1, -0.05) is 24.3 Å². The second-order valence-corrected chi connectivity index (χ2v) is 4.87. The molecule has 0 saturated heterocycles. The summed E-state index contributed by atoms with van der Waals surface area (Å²) in [6.45, 7) is 0. The molecular formula is C17H15N5O2. The highest BCUT2D eigenvalue weighted by atomic mass is 16.5. The number of rotatable bonds is 5. The Morgan fingerprint density at radius 1 is 1.21 bits per heavy atom. The third-order valence-corrected chi connectivity index (χ3v) is 3.28. The van der Waals surface area contributed by atoms with E-state index in [1.807, 2.05) is 36.4 Å². The van der Waals surface area contributed by atoms with Crippen LogP contribution in [0.15, 0.2) is 60.9 Å². The first-order valence-electron chi connectivity index (χ1n) is 7.22. The van der Waals surface area contributed by atoms with Crippen LogP contribution in [-0.4, -0.2) is 33.2 Å². The number of para-hydroxylation sites is 1. The van der Waals surface area contributed by atoms with Gasteiger partial charge in [-0.3, -0.25) is 4.79 Å². The van der Waals surface area contributed by atoms with Crippen LogP contribution >= 0.6 is 0 Å². The zero-order chi connectivity index (χ0) is 16.8. The van der Waals surface area contributed by atoms with Crippen molar-refractivity contribution in [3.63, 3.8) is 0 Å². The van der Waals surface area contributed by atoms with E-state index in [1.54, 1.807) is 25.3 Å². The molecule has 3 aromatic rings. The van der Waals surface area contributed by atoms with Crippen LogP contribution in [0.3, 0.4) is 0 Å². The van der Waals surface area contributed by atoms with Crippen molar-refractivity contribution in [3.05, 3.63) is 66.5 Å². The molecule has 24 heavy (non-hydrogen) atoms. The minimum absolute atomic E-state index is 0.241. The van der Waals surface area contributed by atoms with Gasteiger partial charge in [0.15, 0.2) is 0 Å². The summed E-state index contributed by atoms with van der Waals surface area (Å²) in [7, 11) is 1.59. The number of anilines is 1. The monoisotopic (exact) mass is 321 g/mol. The van der Waals surface area contributed by atoms with Crippen LogP contribution in [0.1, 0.15) is 5.56 Å². The average molecular weight is 321 g/mol. The van der Waals surface area contributed by atoms with E-state index in [0.717, 1.165) is 11.3 Å². The van der Waals surface area contributed by atoms with Gasteiger partial charge in [0.05, 0.1) is 12.8 Å². The smallest absolute Gasteiger partial charge is 0.248 e. The van der Waals surface area contributed by atoms with Crippen molar-refractivity contribution < 1.29 is 9.53 Å².